The minimum Gasteiger partial charge on any atom is -0.248 e. The normalized spacial score (nSPS) is 8.89. The Hall–Kier alpha value is -1.31. The van der Waals surface area contributed by atoms with E-state index in [0.717, 1.165) is 5.69 Å². The van der Waals surface area contributed by atoms with Crippen LogP contribution < -0.4 is 0 Å². The number of rotatable bonds is 2. The van der Waals surface area contributed by atoms with Crippen molar-refractivity contribution >= 4 is 12.3 Å². The van der Waals surface area contributed by atoms with Gasteiger partial charge in [-0.3, -0.25) is 0 Å². The van der Waals surface area contributed by atoms with Crippen molar-refractivity contribution in [2.24, 2.45) is 0 Å². The molecule has 1 heterocycles. The zero-order valence-electron chi connectivity index (χ0n) is 5.12. The van der Waals surface area contributed by atoms with Gasteiger partial charge in [-0.25, -0.2) is 4.68 Å². The Morgan fingerprint density at radius 2 is 2.33 bits per heavy atom. The molecule has 0 aromatic carbocycles. The lowest BCUT2D eigenvalue weighted by molar-refractivity contribution is 0.931. The van der Waals surface area contributed by atoms with Crippen LogP contribution >= 0.6 is 0 Å². The van der Waals surface area contributed by atoms with E-state index in [-0.39, 0.29) is 0 Å². The molecule has 0 atom stereocenters. The van der Waals surface area contributed by atoms with Gasteiger partial charge in [0.15, 0.2) is 0 Å². The fourth-order valence-electron chi connectivity index (χ4n) is 0.563. The Kier molecular flexibility index (Phi) is 1.49. The van der Waals surface area contributed by atoms with Gasteiger partial charge >= 0.3 is 0 Å². The van der Waals surface area contributed by atoms with Gasteiger partial charge in [0.1, 0.15) is 0 Å². The number of aromatic nitrogens is 2. The molecule has 1 aromatic rings. The summed E-state index contributed by atoms with van der Waals surface area (Å²) in [5, 5.41) is 4.03. The number of hydrogen-bond acceptors (Lipinski definition) is 1. The van der Waals surface area contributed by atoms with Gasteiger partial charge in [0.25, 0.3) is 0 Å². The largest absolute Gasteiger partial charge is 0.248 e. The first kappa shape index (κ1) is 5.82. The maximum atomic E-state index is 4.03. The van der Waals surface area contributed by atoms with Gasteiger partial charge in [0, 0.05) is 12.4 Å². The van der Waals surface area contributed by atoms with Gasteiger partial charge in [-0.1, -0.05) is 13.2 Å². The smallest absolute Gasteiger partial charge is 0.0849 e. The molecule has 0 aliphatic rings. The summed E-state index contributed by atoms with van der Waals surface area (Å²) in [6, 6.07) is 1.87. The molecular weight excluding hydrogens is 112 g/mol. The molecule has 0 unspecified atom stereocenters. The molecule has 2 heteroatoms. The first-order chi connectivity index (χ1) is 4.36. The van der Waals surface area contributed by atoms with E-state index in [1.807, 2.05) is 12.3 Å². The maximum absolute atomic E-state index is 4.03. The third-order valence-electron chi connectivity index (χ3n) is 1.03. The summed E-state index contributed by atoms with van der Waals surface area (Å²) < 4.78 is 1.64. The monoisotopic (exact) mass is 120 g/mol. The van der Waals surface area contributed by atoms with Crippen LogP contribution in [0.25, 0.3) is 12.3 Å². The molecule has 0 radical (unpaired) electrons. The Balaban J connectivity index is 2.98. The Labute approximate surface area is 54.1 Å². The van der Waals surface area contributed by atoms with Crippen molar-refractivity contribution in [1.82, 2.24) is 9.78 Å². The summed E-state index contributed by atoms with van der Waals surface area (Å²) in [5.41, 5.74) is 0.870. The van der Waals surface area contributed by atoms with E-state index in [0.29, 0.717) is 0 Å². The second-order valence-electron chi connectivity index (χ2n) is 1.61. The van der Waals surface area contributed by atoms with Crippen LogP contribution in [0.15, 0.2) is 25.4 Å². The molecule has 0 aliphatic heterocycles. The van der Waals surface area contributed by atoms with Crippen LogP contribution in [0.4, 0.5) is 0 Å². The van der Waals surface area contributed by atoms with Crippen molar-refractivity contribution in [2.75, 3.05) is 0 Å². The minimum absolute atomic E-state index is 0.870. The second kappa shape index (κ2) is 2.31. The van der Waals surface area contributed by atoms with Crippen LogP contribution in [-0.2, 0) is 0 Å². The molecule has 0 fully saturated rings. The molecule has 0 aliphatic carbocycles. The van der Waals surface area contributed by atoms with Crippen LogP contribution in [-0.4, -0.2) is 9.78 Å². The van der Waals surface area contributed by atoms with Crippen LogP contribution in [0.1, 0.15) is 5.69 Å². The fourth-order valence-corrected chi connectivity index (χ4v) is 0.563. The Morgan fingerprint density at radius 1 is 1.56 bits per heavy atom. The van der Waals surface area contributed by atoms with E-state index >= 15 is 0 Å². The van der Waals surface area contributed by atoms with E-state index in [9.17, 15) is 0 Å². The highest BCUT2D eigenvalue weighted by molar-refractivity contribution is 5.40. The zero-order chi connectivity index (χ0) is 6.69. The third kappa shape index (κ3) is 1.08. The van der Waals surface area contributed by atoms with E-state index in [1.165, 1.54) is 0 Å². The molecule has 1 aromatic heterocycles. The lowest BCUT2D eigenvalue weighted by Crippen LogP contribution is -1.84. The average Bonchev–Trinajstić information content (AvgIpc) is 2.34. The van der Waals surface area contributed by atoms with Gasteiger partial charge in [-0.2, -0.15) is 5.10 Å². The molecule has 46 valence electrons. The molecule has 0 spiro atoms. The molecule has 1 rings (SSSR count). The molecular formula is C7H8N2. The SMILES string of the molecule is C=Cc1ccn(C=C)n1. The van der Waals surface area contributed by atoms with Gasteiger partial charge in [0.2, 0.25) is 0 Å². The predicted molar refractivity (Wildman–Crippen MR) is 38.7 cm³/mol. The quantitative estimate of drug-likeness (QED) is 0.580. The van der Waals surface area contributed by atoms with Crippen molar-refractivity contribution in [1.29, 1.82) is 0 Å². The Bertz CT molecular complexity index is 200. The summed E-state index contributed by atoms with van der Waals surface area (Å²) in [7, 11) is 0. The molecule has 0 saturated heterocycles. The lowest BCUT2D eigenvalue weighted by Gasteiger charge is -1.83. The van der Waals surface area contributed by atoms with Crippen molar-refractivity contribution in [3.8, 4) is 0 Å². The topological polar surface area (TPSA) is 17.8 Å². The minimum atomic E-state index is 0.870. The van der Waals surface area contributed by atoms with Gasteiger partial charge < -0.3 is 0 Å². The number of nitrogens with zero attached hydrogens (tertiary/aromatic N) is 2. The summed E-state index contributed by atoms with van der Waals surface area (Å²) >= 11 is 0. The summed E-state index contributed by atoms with van der Waals surface area (Å²) in [6.07, 6.45) is 5.15. The molecule has 0 bridgehead atoms. The van der Waals surface area contributed by atoms with Gasteiger partial charge in [-0.15, -0.1) is 0 Å². The van der Waals surface area contributed by atoms with E-state index in [4.69, 9.17) is 0 Å². The van der Waals surface area contributed by atoms with Crippen molar-refractivity contribution < 1.29 is 0 Å². The van der Waals surface area contributed by atoms with Crippen molar-refractivity contribution in [3.05, 3.63) is 31.1 Å². The second-order valence-corrected chi connectivity index (χ2v) is 1.61. The van der Waals surface area contributed by atoms with Crippen LogP contribution in [0.3, 0.4) is 0 Å². The fraction of sp³-hybridized carbons (Fsp3) is 0. The highest BCUT2D eigenvalue weighted by Crippen LogP contribution is 1.95. The molecule has 0 amide bonds. The molecule has 9 heavy (non-hydrogen) atoms. The highest BCUT2D eigenvalue weighted by Gasteiger charge is 1.86. The Morgan fingerprint density at radius 3 is 2.67 bits per heavy atom. The van der Waals surface area contributed by atoms with Gasteiger partial charge in [-0.05, 0) is 12.1 Å². The predicted octanol–water partition coefficient (Wildman–Crippen LogP) is 1.63. The van der Waals surface area contributed by atoms with Crippen molar-refractivity contribution in [3.63, 3.8) is 0 Å². The van der Waals surface area contributed by atoms with Gasteiger partial charge in [0.05, 0.1) is 5.69 Å². The summed E-state index contributed by atoms with van der Waals surface area (Å²) in [4.78, 5) is 0. The molecule has 0 saturated carbocycles. The van der Waals surface area contributed by atoms with E-state index < -0.39 is 0 Å². The van der Waals surface area contributed by atoms with Crippen LogP contribution in [0.5, 0.6) is 0 Å². The number of hydrogen-bond donors (Lipinski definition) is 0. The first-order valence-corrected chi connectivity index (χ1v) is 2.67. The van der Waals surface area contributed by atoms with E-state index in [2.05, 4.69) is 18.3 Å². The molecule has 2 nitrogen and oxygen atoms in total. The summed E-state index contributed by atoms with van der Waals surface area (Å²) in [6.45, 7) is 7.11. The van der Waals surface area contributed by atoms with Crippen molar-refractivity contribution in [2.45, 2.75) is 0 Å². The average molecular weight is 120 g/mol. The standard InChI is InChI=1S/C7H8N2/c1-3-7-5-6-9(4-2)8-7/h3-6H,1-2H2. The summed E-state index contributed by atoms with van der Waals surface area (Å²) in [5.74, 6) is 0. The molecule has 0 N–H and O–H groups in total. The maximum Gasteiger partial charge on any atom is 0.0849 e. The zero-order valence-corrected chi connectivity index (χ0v) is 5.12. The van der Waals surface area contributed by atoms with Crippen LogP contribution in [0.2, 0.25) is 0 Å². The van der Waals surface area contributed by atoms with Crippen LogP contribution in [0, 0.1) is 0 Å². The third-order valence-corrected chi connectivity index (χ3v) is 1.03. The lowest BCUT2D eigenvalue weighted by atomic mass is 10.4. The highest BCUT2D eigenvalue weighted by atomic mass is 15.3. The van der Waals surface area contributed by atoms with E-state index in [1.54, 1.807) is 17.0 Å². The first-order valence-electron chi connectivity index (χ1n) is 2.67.